The van der Waals surface area contributed by atoms with E-state index in [1.54, 1.807) is 0 Å². The molecule has 0 aromatic carbocycles. The molecular weight excluding hydrogens is 216 g/mol. The third-order valence-corrected chi connectivity index (χ3v) is 2.66. The molecule has 14 heavy (non-hydrogen) atoms. The average Bonchev–Trinajstić information content (AvgIpc) is 2.14. The van der Waals surface area contributed by atoms with Crippen molar-refractivity contribution < 1.29 is 0 Å². The van der Waals surface area contributed by atoms with Gasteiger partial charge in [0.25, 0.3) is 0 Å². The van der Waals surface area contributed by atoms with Crippen molar-refractivity contribution in [3.05, 3.63) is 0 Å². The van der Waals surface area contributed by atoms with Crippen LogP contribution in [0.4, 0.5) is 0 Å². The van der Waals surface area contributed by atoms with Gasteiger partial charge in [-0.1, -0.05) is 24.4 Å². The number of thiocarbonyl (C=S) groups is 2. The second kappa shape index (κ2) is 4.85. The first-order valence-corrected chi connectivity index (χ1v) is 4.85. The van der Waals surface area contributed by atoms with E-state index in [-0.39, 0.29) is 24.9 Å². The number of rotatable bonds is 2. The summed E-state index contributed by atoms with van der Waals surface area (Å²) in [6, 6.07) is 3.62. The first-order chi connectivity index (χ1) is 6.69. The predicted octanol–water partition coefficient (Wildman–Crippen LogP) is 0.399. The highest BCUT2D eigenvalue weighted by Gasteiger charge is 2.27. The first-order valence-electron chi connectivity index (χ1n) is 4.03. The zero-order valence-corrected chi connectivity index (χ0v) is 8.91. The summed E-state index contributed by atoms with van der Waals surface area (Å²) in [7, 11) is 0. The number of hydrogen-bond donors (Lipinski definition) is 2. The van der Waals surface area contributed by atoms with E-state index in [0.29, 0.717) is 9.98 Å². The van der Waals surface area contributed by atoms with Gasteiger partial charge in [0, 0.05) is 0 Å². The van der Waals surface area contributed by atoms with Gasteiger partial charge in [-0.05, 0) is 0 Å². The molecule has 0 aromatic rings. The zero-order valence-electron chi connectivity index (χ0n) is 7.28. The minimum absolute atomic E-state index is 0.211. The molecule has 1 aliphatic heterocycles. The maximum atomic E-state index is 8.52. The van der Waals surface area contributed by atoms with Gasteiger partial charge in [0.05, 0.1) is 47.0 Å². The Kier molecular flexibility index (Phi) is 3.75. The summed E-state index contributed by atoms with van der Waals surface area (Å²) in [6.07, 6.45) is 0.566. The highest BCUT2D eigenvalue weighted by molar-refractivity contribution is 7.81. The largest absolute Gasteiger partial charge is 0.368 e. The topological polar surface area (TPSA) is 71.6 Å². The van der Waals surface area contributed by atoms with Gasteiger partial charge in [0.1, 0.15) is 0 Å². The molecule has 0 spiro atoms. The summed E-state index contributed by atoms with van der Waals surface area (Å²) < 4.78 is 0. The molecule has 1 heterocycles. The van der Waals surface area contributed by atoms with Crippen molar-refractivity contribution in [3.63, 3.8) is 0 Å². The Morgan fingerprint density at radius 1 is 1.00 bits per heavy atom. The lowest BCUT2D eigenvalue weighted by atomic mass is 10.1. The van der Waals surface area contributed by atoms with Crippen molar-refractivity contribution in [1.82, 2.24) is 10.6 Å². The maximum absolute atomic E-state index is 8.52. The van der Waals surface area contributed by atoms with Crippen molar-refractivity contribution in [2.75, 3.05) is 0 Å². The van der Waals surface area contributed by atoms with Crippen LogP contribution in [0.2, 0.25) is 0 Å². The van der Waals surface area contributed by atoms with Crippen molar-refractivity contribution >= 4 is 34.4 Å². The second-order valence-corrected chi connectivity index (χ2v) is 3.73. The van der Waals surface area contributed by atoms with Crippen LogP contribution in [-0.2, 0) is 0 Å². The van der Waals surface area contributed by atoms with Gasteiger partial charge in [-0.25, -0.2) is 0 Å². The summed E-state index contributed by atoms with van der Waals surface area (Å²) in [4.78, 5) is 1.11. The fraction of sp³-hybridized carbons (Fsp3) is 0.500. The molecule has 72 valence electrons. The molecular formula is C8H8N4S2. The molecule has 2 unspecified atom stereocenters. The first kappa shape index (κ1) is 10.8. The second-order valence-electron chi connectivity index (χ2n) is 2.85. The number of hydrogen-bond acceptors (Lipinski definition) is 4. The average molecular weight is 224 g/mol. The highest BCUT2D eigenvalue weighted by atomic mass is 32.1. The lowest BCUT2D eigenvalue weighted by molar-refractivity contribution is 0.654. The number of piperazine rings is 1. The van der Waals surface area contributed by atoms with E-state index in [0.717, 1.165) is 0 Å². The Morgan fingerprint density at radius 2 is 1.36 bits per heavy atom. The summed E-state index contributed by atoms with van der Waals surface area (Å²) in [5.41, 5.74) is 0. The Morgan fingerprint density at radius 3 is 1.64 bits per heavy atom. The van der Waals surface area contributed by atoms with Crippen LogP contribution in [0.5, 0.6) is 0 Å². The van der Waals surface area contributed by atoms with Gasteiger partial charge >= 0.3 is 0 Å². The quantitative estimate of drug-likeness (QED) is 0.662. The normalized spacial score (nSPS) is 25.6. The Labute approximate surface area is 92.9 Å². The fourth-order valence-electron chi connectivity index (χ4n) is 1.15. The minimum Gasteiger partial charge on any atom is -0.368 e. The number of nitrogens with one attached hydrogen (secondary N) is 2. The zero-order chi connectivity index (χ0) is 10.6. The Bertz CT molecular complexity index is 304. The van der Waals surface area contributed by atoms with E-state index < -0.39 is 0 Å². The Hall–Kier alpha value is -1.24. The Balaban J connectivity index is 2.64. The molecule has 6 heteroatoms. The molecule has 1 fully saturated rings. The number of nitrogens with zero attached hydrogens (tertiary/aromatic N) is 2. The predicted molar refractivity (Wildman–Crippen MR) is 59.5 cm³/mol. The smallest absolute Gasteiger partial charge is 0.0996 e. The van der Waals surface area contributed by atoms with Crippen LogP contribution in [0, 0.1) is 22.7 Å². The van der Waals surface area contributed by atoms with E-state index in [1.165, 1.54) is 0 Å². The van der Waals surface area contributed by atoms with E-state index in [1.807, 2.05) is 12.1 Å². The van der Waals surface area contributed by atoms with Gasteiger partial charge in [0.2, 0.25) is 0 Å². The van der Waals surface area contributed by atoms with E-state index >= 15 is 0 Å². The fourth-order valence-corrected chi connectivity index (χ4v) is 1.71. The molecule has 1 aliphatic rings. The van der Waals surface area contributed by atoms with Gasteiger partial charge in [-0.2, -0.15) is 10.5 Å². The van der Waals surface area contributed by atoms with Gasteiger partial charge in [-0.3, -0.25) is 0 Å². The van der Waals surface area contributed by atoms with Crippen LogP contribution in [0.15, 0.2) is 0 Å². The summed E-state index contributed by atoms with van der Waals surface area (Å²) >= 11 is 10.1. The SMILES string of the molecule is N#CCC1NC(=S)C(CC#N)NC1=S. The van der Waals surface area contributed by atoms with Crippen LogP contribution < -0.4 is 10.6 Å². The molecule has 0 bridgehead atoms. The van der Waals surface area contributed by atoms with Gasteiger partial charge in [-0.15, -0.1) is 0 Å². The minimum atomic E-state index is -0.211. The highest BCUT2D eigenvalue weighted by Crippen LogP contribution is 2.05. The standard InChI is InChI=1S/C8H8N4S2/c9-3-1-5-7(13)12-6(2-4-10)8(14)11-5/h5-6H,1-2H2,(H,11,14)(H,12,13). The third-order valence-electron chi connectivity index (χ3n) is 1.86. The van der Waals surface area contributed by atoms with Gasteiger partial charge < -0.3 is 10.6 Å². The molecule has 0 aromatic heterocycles. The van der Waals surface area contributed by atoms with E-state index in [2.05, 4.69) is 10.6 Å². The molecule has 0 amide bonds. The van der Waals surface area contributed by atoms with Crippen molar-refractivity contribution in [2.24, 2.45) is 0 Å². The van der Waals surface area contributed by atoms with Gasteiger partial charge in [0.15, 0.2) is 0 Å². The van der Waals surface area contributed by atoms with Crippen molar-refractivity contribution in [2.45, 2.75) is 24.9 Å². The lowest BCUT2D eigenvalue weighted by Gasteiger charge is -2.31. The van der Waals surface area contributed by atoms with E-state index in [9.17, 15) is 0 Å². The molecule has 0 saturated carbocycles. The monoisotopic (exact) mass is 224 g/mol. The molecule has 2 atom stereocenters. The molecule has 1 saturated heterocycles. The summed E-state index contributed by atoms with van der Waals surface area (Å²) in [5, 5.41) is 22.9. The number of nitriles is 2. The summed E-state index contributed by atoms with van der Waals surface area (Å²) in [5.74, 6) is 0. The molecule has 0 aliphatic carbocycles. The van der Waals surface area contributed by atoms with Crippen molar-refractivity contribution in [1.29, 1.82) is 10.5 Å². The molecule has 1 rings (SSSR count). The lowest BCUT2D eigenvalue weighted by Crippen LogP contribution is -2.59. The van der Waals surface area contributed by atoms with Crippen LogP contribution in [-0.4, -0.2) is 22.1 Å². The molecule has 4 nitrogen and oxygen atoms in total. The molecule has 2 N–H and O–H groups in total. The molecule has 0 radical (unpaired) electrons. The maximum Gasteiger partial charge on any atom is 0.0996 e. The van der Waals surface area contributed by atoms with E-state index in [4.69, 9.17) is 35.0 Å². The van der Waals surface area contributed by atoms with Crippen molar-refractivity contribution in [3.8, 4) is 12.1 Å². The van der Waals surface area contributed by atoms with Crippen LogP contribution in [0.25, 0.3) is 0 Å². The van der Waals surface area contributed by atoms with Crippen LogP contribution in [0.1, 0.15) is 12.8 Å². The third kappa shape index (κ3) is 2.38. The van der Waals surface area contributed by atoms with Crippen LogP contribution >= 0.6 is 24.4 Å². The summed E-state index contributed by atoms with van der Waals surface area (Å²) in [6.45, 7) is 0. The van der Waals surface area contributed by atoms with Crippen LogP contribution in [0.3, 0.4) is 0 Å².